The molecule has 3 rings (SSSR count). The zero-order valence-electron chi connectivity index (χ0n) is 15.6. The SMILES string of the molecule is FC(F)(F)c1cc(NC(=S)NCc2ccccc2CN2CCOCC2)ccc1Cl. The number of hydrogen-bond acceptors (Lipinski definition) is 3. The number of nitrogens with zero attached hydrogens (tertiary/aromatic N) is 1. The molecule has 2 N–H and O–H groups in total. The highest BCUT2D eigenvalue weighted by atomic mass is 35.5. The van der Waals surface area contributed by atoms with Crippen molar-refractivity contribution in [2.24, 2.45) is 0 Å². The van der Waals surface area contributed by atoms with Crippen LogP contribution < -0.4 is 10.6 Å². The van der Waals surface area contributed by atoms with E-state index in [0.29, 0.717) is 6.54 Å². The molecular weight excluding hydrogens is 423 g/mol. The van der Waals surface area contributed by atoms with E-state index in [4.69, 9.17) is 28.6 Å². The van der Waals surface area contributed by atoms with Crippen molar-refractivity contribution in [2.45, 2.75) is 19.3 Å². The molecule has 9 heteroatoms. The van der Waals surface area contributed by atoms with Crippen LogP contribution in [0.4, 0.5) is 18.9 Å². The van der Waals surface area contributed by atoms with E-state index < -0.39 is 11.7 Å². The third-order valence-electron chi connectivity index (χ3n) is 4.59. The number of ether oxygens (including phenoxy) is 1. The Kier molecular flexibility index (Phi) is 7.34. The first kappa shape index (κ1) is 21.8. The van der Waals surface area contributed by atoms with Crippen molar-refractivity contribution >= 4 is 34.6 Å². The van der Waals surface area contributed by atoms with E-state index in [1.807, 2.05) is 18.2 Å². The van der Waals surface area contributed by atoms with Crippen molar-refractivity contribution in [1.29, 1.82) is 0 Å². The lowest BCUT2D eigenvalue weighted by Gasteiger charge is -2.27. The number of benzene rings is 2. The van der Waals surface area contributed by atoms with Gasteiger partial charge < -0.3 is 15.4 Å². The second-order valence-electron chi connectivity index (χ2n) is 6.66. The molecule has 0 aliphatic carbocycles. The maximum Gasteiger partial charge on any atom is 0.417 e. The van der Waals surface area contributed by atoms with Gasteiger partial charge >= 0.3 is 6.18 Å². The number of anilines is 1. The Morgan fingerprint density at radius 2 is 1.79 bits per heavy atom. The van der Waals surface area contributed by atoms with Crippen LogP contribution in [0, 0.1) is 0 Å². The number of morpholine rings is 1. The van der Waals surface area contributed by atoms with Crippen molar-refractivity contribution in [3.63, 3.8) is 0 Å². The Hall–Kier alpha value is -1.87. The van der Waals surface area contributed by atoms with Gasteiger partial charge in [0.2, 0.25) is 0 Å². The van der Waals surface area contributed by atoms with Crippen molar-refractivity contribution in [2.75, 3.05) is 31.6 Å². The smallest absolute Gasteiger partial charge is 0.379 e. The molecule has 2 aromatic rings. The maximum absolute atomic E-state index is 13.0. The molecule has 4 nitrogen and oxygen atoms in total. The average Bonchev–Trinajstić information content (AvgIpc) is 2.69. The summed E-state index contributed by atoms with van der Waals surface area (Å²) in [5.41, 5.74) is 1.58. The molecule has 0 amide bonds. The minimum absolute atomic E-state index is 0.223. The Labute approximate surface area is 178 Å². The summed E-state index contributed by atoms with van der Waals surface area (Å²) in [6.45, 7) is 4.52. The van der Waals surface area contributed by atoms with E-state index in [0.717, 1.165) is 44.5 Å². The van der Waals surface area contributed by atoms with E-state index in [-0.39, 0.29) is 15.8 Å². The van der Waals surface area contributed by atoms with Gasteiger partial charge in [0.25, 0.3) is 0 Å². The second kappa shape index (κ2) is 9.75. The first-order valence-corrected chi connectivity index (χ1v) is 9.90. The van der Waals surface area contributed by atoms with Crippen LogP contribution in [0.25, 0.3) is 0 Å². The molecule has 2 aromatic carbocycles. The lowest BCUT2D eigenvalue weighted by atomic mass is 10.1. The number of hydrogen-bond donors (Lipinski definition) is 2. The van der Waals surface area contributed by atoms with Crippen LogP contribution in [-0.4, -0.2) is 36.3 Å². The Balaban J connectivity index is 1.60. The van der Waals surface area contributed by atoms with E-state index in [9.17, 15) is 13.2 Å². The summed E-state index contributed by atoms with van der Waals surface area (Å²) in [7, 11) is 0. The summed E-state index contributed by atoms with van der Waals surface area (Å²) in [5.74, 6) is 0. The third-order valence-corrected chi connectivity index (χ3v) is 5.16. The molecular formula is C20H21ClF3N3OS. The summed E-state index contributed by atoms with van der Waals surface area (Å²) >= 11 is 10.9. The minimum Gasteiger partial charge on any atom is -0.379 e. The first-order valence-electron chi connectivity index (χ1n) is 9.11. The summed E-state index contributed by atoms with van der Waals surface area (Å²) in [5, 5.41) is 5.74. The number of nitrogens with one attached hydrogen (secondary N) is 2. The van der Waals surface area contributed by atoms with Gasteiger partial charge in [0.1, 0.15) is 0 Å². The fraction of sp³-hybridized carbons (Fsp3) is 0.350. The topological polar surface area (TPSA) is 36.5 Å². The molecule has 0 atom stereocenters. The van der Waals surface area contributed by atoms with Gasteiger partial charge in [-0.2, -0.15) is 13.2 Å². The van der Waals surface area contributed by atoms with Crippen LogP contribution in [0.3, 0.4) is 0 Å². The Bertz CT molecular complexity index is 857. The average molecular weight is 444 g/mol. The van der Waals surface area contributed by atoms with E-state index in [2.05, 4.69) is 21.6 Å². The van der Waals surface area contributed by atoms with Crippen LogP contribution in [0.5, 0.6) is 0 Å². The largest absolute Gasteiger partial charge is 0.417 e. The van der Waals surface area contributed by atoms with E-state index >= 15 is 0 Å². The molecule has 0 saturated carbocycles. The van der Waals surface area contributed by atoms with Gasteiger partial charge in [-0.3, -0.25) is 4.90 Å². The monoisotopic (exact) mass is 443 g/mol. The normalized spacial score (nSPS) is 15.2. The fourth-order valence-corrected chi connectivity index (χ4v) is 3.47. The van der Waals surface area contributed by atoms with Crippen LogP contribution in [0.1, 0.15) is 16.7 Å². The van der Waals surface area contributed by atoms with Crippen molar-refractivity contribution < 1.29 is 17.9 Å². The van der Waals surface area contributed by atoms with Crippen LogP contribution >= 0.6 is 23.8 Å². The predicted octanol–water partition coefficient (Wildman–Crippen LogP) is 4.68. The van der Waals surface area contributed by atoms with Crippen molar-refractivity contribution in [3.8, 4) is 0 Å². The first-order chi connectivity index (χ1) is 13.8. The van der Waals surface area contributed by atoms with Crippen molar-refractivity contribution in [1.82, 2.24) is 10.2 Å². The van der Waals surface area contributed by atoms with Gasteiger partial charge in [-0.05, 0) is 41.5 Å². The molecule has 1 saturated heterocycles. The molecule has 29 heavy (non-hydrogen) atoms. The lowest BCUT2D eigenvalue weighted by Crippen LogP contribution is -2.36. The second-order valence-corrected chi connectivity index (χ2v) is 7.47. The third kappa shape index (κ3) is 6.30. The predicted molar refractivity (Wildman–Crippen MR) is 112 cm³/mol. The molecule has 1 aliphatic rings. The van der Waals surface area contributed by atoms with Gasteiger partial charge in [0.15, 0.2) is 5.11 Å². The fourth-order valence-electron chi connectivity index (χ4n) is 3.06. The number of halogens is 4. The molecule has 156 valence electrons. The van der Waals surface area contributed by atoms with Crippen LogP contribution in [0.15, 0.2) is 42.5 Å². The molecule has 0 bridgehead atoms. The minimum atomic E-state index is -4.53. The van der Waals surface area contributed by atoms with Crippen LogP contribution in [-0.2, 0) is 24.0 Å². The molecule has 1 aliphatic heterocycles. The summed E-state index contributed by atoms with van der Waals surface area (Å²) in [6, 6.07) is 11.6. The van der Waals surface area contributed by atoms with Gasteiger partial charge in [0, 0.05) is 31.9 Å². The Morgan fingerprint density at radius 3 is 2.48 bits per heavy atom. The molecule has 1 fully saturated rings. The zero-order chi connectivity index (χ0) is 20.9. The number of alkyl halides is 3. The molecule has 0 unspecified atom stereocenters. The Morgan fingerprint density at radius 1 is 1.10 bits per heavy atom. The van der Waals surface area contributed by atoms with E-state index in [1.54, 1.807) is 0 Å². The van der Waals surface area contributed by atoms with Gasteiger partial charge in [0.05, 0.1) is 23.8 Å². The molecule has 0 aromatic heterocycles. The van der Waals surface area contributed by atoms with Crippen molar-refractivity contribution in [3.05, 3.63) is 64.2 Å². The highest BCUT2D eigenvalue weighted by molar-refractivity contribution is 7.80. The van der Waals surface area contributed by atoms with Crippen LogP contribution in [0.2, 0.25) is 5.02 Å². The highest BCUT2D eigenvalue weighted by Gasteiger charge is 2.33. The molecule has 0 spiro atoms. The highest BCUT2D eigenvalue weighted by Crippen LogP contribution is 2.36. The molecule has 0 radical (unpaired) electrons. The summed E-state index contributed by atoms with van der Waals surface area (Å²) in [6.07, 6.45) is -4.53. The number of rotatable bonds is 5. The van der Waals surface area contributed by atoms with Gasteiger partial charge in [-0.25, -0.2) is 0 Å². The molecule has 1 heterocycles. The summed E-state index contributed by atoms with van der Waals surface area (Å²) < 4.78 is 44.4. The van der Waals surface area contributed by atoms with E-state index in [1.165, 1.54) is 17.7 Å². The standard InChI is InChI=1S/C20H21ClF3N3OS/c21-18-6-5-16(11-17(18)20(22,23)24)26-19(29)25-12-14-3-1-2-4-15(14)13-27-7-9-28-10-8-27/h1-6,11H,7-10,12-13H2,(H2,25,26,29). The zero-order valence-corrected chi connectivity index (χ0v) is 17.1. The van der Waals surface area contributed by atoms with Gasteiger partial charge in [-0.15, -0.1) is 0 Å². The lowest BCUT2D eigenvalue weighted by molar-refractivity contribution is -0.137. The quantitative estimate of drug-likeness (QED) is 0.656. The number of thiocarbonyl (C=S) groups is 1. The maximum atomic E-state index is 13.0. The summed E-state index contributed by atoms with van der Waals surface area (Å²) in [4.78, 5) is 2.32. The van der Waals surface area contributed by atoms with Gasteiger partial charge in [-0.1, -0.05) is 35.9 Å².